The highest BCUT2D eigenvalue weighted by molar-refractivity contribution is 7.12. The number of aromatic nitrogens is 5. The van der Waals surface area contributed by atoms with E-state index in [4.69, 9.17) is 28.9 Å². The van der Waals surface area contributed by atoms with Crippen molar-refractivity contribution in [3.05, 3.63) is 88.1 Å². The second-order valence-corrected chi connectivity index (χ2v) is 23.4. The van der Waals surface area contributed by atoms with E-state index in [2.05, 4.69) is 49.4 Å². The van der Waals surface area contributed by atoms with Gasteiger partial charge in [0.05, 0.1) is 77.3 Å². The number of amides is 4. The third-order valence-corrected chi connectivity index (χ3v) is 17.9. The Hall–Kier alpha value is -6.73. The molecule has 0 spiro atoms. The third-order valence-electron chi connectivity index (χ3n) is 16.6. The molecule has 6 aliphatic rings. The maximum Gasteiger partial charge on any atom is 0.407 e. The first-order valence-corrected chi connectivity index (χ1v) is 27.3. The van der Waals surface area contributed by atoms with E-state index in [1.54, 1.807) is 22.4 Å². The predicted octanol–water partition coefficient (Wildman–Crippen LogP) is 10.1. The summed E-state index contributed by atoms with van der Waals surface area (Å²) in [6.07, 6.45) is 9.36. The molecule has 4 aromatic heterocycles. The summed E-state index contributed by atoms with van der Waals surface area (Å²) in [7, 11) is 2.59. The number of halogens is 1. The molecule has 2 aromatic carbocycles. The van der Waals surface area contributed by atoms with Crippen LogP contribution in [0.15, 0.2) is 60.9 Å². The summed E-state index contributed by atoms with van der Waals surface area (Å²) >= 11 is 1.74. The first-order chi connectivity index (χ1) is 36.2. The first kappa shape index (κ1) is 49.2. The molecule has 5 fully saturated rings. The number of nitrogens with one attached hydrogen (secondary N) is 4. The van der Waals surface area contributed by atoms with Crippen molar-refractivity contribution in [2.75, 3.05) is 27.4 Å². The minimum Gasteiger partial charge on any atom is -0.464 e. The quantitative estimate of drug-likeness (QED) is 0.0915. The number of fused-ring (bicyclic) bond motifs is 6. The van der Waals surface area contributed by atoms with Crippen LogP contribution in [0.4, 0.5) is 14.0 Å². The van der Waals surface area contributed by atoms with Gasteiger partial charge in [-0.05, 0) is 138 Å². The van der Waals surface area contributed by atoms with E-state index >= 15 is 4.39 Å². The van der Waals surface area contributed by atoms with E-state index in [-0.39, 0.29) is 41.8 Å². The number of H-pyrrole nitrogens is 2. The van der Waals surface area contributed by atoms with Gasteiger partial charge in [0.15, 0.2) is 0 Å². The van der Waals surface area contributed by atoms with E-state index in [1.807, 2.05) is 57.0 Å². The molecule has 8 atom stereocenters. The zero-order chi connectivity index (χ0) is 52.0. The average Bonchev–Trinajstić information content (AvgIpc) is 4.05. The van der Waals surface area contributed by atoms with E-state index < -0.39 is 41.9 Å². The molecule has 4 amide bonds. The summed E-state index contributed by atoms with van der Waals surface area (Å²) in [4.78, 5) is 76.4. The van der Waals surface area contributed by atoms with Crippen LogP contribution in [0.3, 0.4) is 0 Å². The Morgan fingerprint density at radius 1 is 0.840 bits per heavy atom. The van der Waals surface area contributed by atoms with Crippen LogP contribution in [-0.2, 0) is 23.8 Å². The second-order valence-electron chi connectivity index (χ2n) is 22.3. The van der Waals surface area contributed by atoms with Gasteiger partial charge >= 0.3 is 12.2 Å². The van der Waals surface area contributed by atoms with Crippen LogP contribution in [0.2, 0.25) is 0 Å². The van der Waals surface area contributed by atoms with E-state index in [0.717, 1.165) is 52.7 Å². The molecule has 4 aliphatic heterocycles. The van der Waals surface area contributed by atoms with Gasteiger partial charge in [-0.1, -0.05) is 19.9 Å². The van der Waals surface area contributed by atoms with Crippen LogP contribution in [0, 0.1) is 23.6 Å². The number of alkyl carbamates (subject to hydrolysis) is 2. The molecule has 6 aromatic rings. The Kier molecular flexibility index (Phi) is 12.5. The Bertz CT molecular complexity index is 3210. The van der Waals surface area contributed by atoms with Crippen molar-refractivity contribution in [2.45, 2.75) is 133 Å². The number of aromatic amines is 2. The average molecular weight is 1040 g/mol. The lowest BCUT2D eigenvalue weighted by Crippen LogP contribution is -2.57. The maximum atomic E-state index is 17.1. The molecule has 0 radical (unpaired) electrons. The number of hydrogen-bond acceptors (Lipinski definition) is 11. The summed E-state index contributed by atoms with van der Waals surface area (Å²) in [6, 6.07) is 13.8. The highest BCUT2D eigenvalue weighted by Crippen LogP contribution is 2.52. The maximum absolute atomic E-state index is 17.1. The molecular weight excluding hydrogens is 978 g/mol. The smallest absolute Gasteiger partial charge is 0.407 e. The lowest BCUT2D eigenvalue weighted by molar-refractivity contribution is -0.143. The highest BCUT2D eigenvalue weighted by Gasteiger charge is 2.53. The van der Waals surface area contributed by atoms with Crippen molar-refractivity contribution in [2.24, 2.45) is 17.8 Å². The molecule has 2 aliphatic carbocycles. The zero-order valence-corrected chi connectivity index (χ0v) is 43.9. The van der Waals surface area contributed by atoms with Gasteiger partial charge in [0.2, 0.25) is 18.0 Å². The fourth-order valence-corrected chi connectivity index (χ4v) is 13.7. The fourth-order valence-electron chi connectivity index (χ4n) is 12.5. The summed E-state index contributed by atoms with van der Waals surface area (Å²) in [5, 5.41) is 6.51. The van der Waals surface area contributed by atoms with Gasteiger partial charge in [-0.15, -0.1) is 11.3 Å². The number of thiophene rings is 1. The van der Waals surface area contributed by atoms with Gasteiger partial charge in [-0.3, -0.25) is 14.2 Å². The molecule has 19 heteroatoms. The largest absolute Gasteiger partial charge is 0.464 e. The van der Waals surface area contributed by atoms with Gasteiger partial charge in [-0.2, -0.15) is 0 Å². The zero-order valence-electron chi connectivity index (χ0n) is 43.1. The summed E-state index contributed by atoms with van der Waals surface area (Å²) in [5.41, 5.74) is 4.30. The highest BCUT2D eigenvalue weighted by atomic mass is 32.1. The van der Waals surface area contributed by atoms with E-state index in [1.165, 1.54) is 38.0 Å². The number of imidazole rings is 2. The fraction of sp³-hybridized carbons (Fsp3) is 0.500. The van der Waals surface area contributed by atoms with Crippen molar-refractivity contribution in [3.63, 3.8) is 0 Å². The van der Waals surface area contributed by atoms with Crippen molar-refractivity contribution in [1.29, 1.82) is 0 Å². The monoisotopic (exact) mass is 1040 g/mol. The number of carbonyl (C=O) groups excluding carboxylic acids is 4. The standard InChI is InChI=1S/C56H64FN9O8S/c1-28(2)47(62-54(69)71-5)51(67)64-18-7-8-40(64)49-58-27-37(61-49)33-21-35(57)46-41-23-34-20-30(11-13-39(34)66(41)53(74-43(46)24-33)45-16-15-44(75-45)29-9-10-29)36-26-59-50(60-36)42-22-31-12-14-38(31)65(42)52(68)48(63-55(70)72-6)32-17-19-73-56(3,4)25-32/h11,13,15-16,20-21,23-24,26-29,31-32,38,40,42,47-48,53H,7-10,12,14,17-19,22,25H2,1-6H3,(H,58,61)(H,59,60)(H,62,69)(H,63,70). The summed E-state index contributed by atoms with van der Waals surface area (Å²) in [5.74, 6) is 1.50. The molecule has 8 heterocycles. The topological polar surface area (TPSA) is 198 Å². The van der Waals surface area contributed by atoms with Crippen LogP contribution in [0.1, 0.15) is 131 Å². The van der Waals surface area contributed by atoms with Crippen molar-refractivity contribution >= 4 is 46.2 Å². The number of hydrogen-bond donors (Lipinski definition) is 4. The normalized spacial score (nSPS) is 24.4. The predicted molar refractivity (Wildman–Crippen MR) is 278 cm³/mol. The van der Waals surface area contributed by atoms with Crippen LogP contribution < -0.4 is 15.4 Å². The summed E-state index contributed by atoms with van der Waals surface area (Å²) < 4.78 is 42.0. The Morgan fingerprint density at radius 3 is 2.28 bits per heavy atom. The number of likely N-dealkylation sites (tertiary alicyclic amines) is 2. The van der Waals surface area contributed by atoms with Crippen molar-refractivity contribution < 1.29 is 42.5 Å². The molecule has 12 rings (SSSR count). The molecule has 75 heavy (non-hydrogen) atoms. The van der Waals surface area contributed by atoms with Crippen LogP contribution in [-0.4, -0.2) is 109 Å². The van der Waals surface area contributed by atoms with Crippen LogP contribution in [0.25, 0.3) is 44.7 Å². The number of methoxy groups -OCH3 is 2. The molecular formula is C56H64FN9O8S. The van der Waals surface area contributed by atoms with Crippen molar-refractivity contribution in [1.82, 2.24) is 44.9 Å². The number of benzene rings is 2. The molecule has 0 bridgehead atoms. The van der Waals surface area contributed by atoms with Gasteiger partial charge in [-0.25, -0.2) is 23.9 Å². The van der Waals surface area contributed by atoms with E-state index in [9.17, 15) is 19.2 Å². The molecule has 17 nitrogen and oxygen atoms in total. The molecule has 3 saturated heterocycles. The van der Waals surface area contributed by atoms with E-state index in [0.29, 0.717) is 84.2 Å². The van der Waals surface area contributed by atoms with Crippen LogP contribution in [0.5, 0.6) is 5.75 Å². The molecule has 4 N–H and O–H groups in total. The van der Waals surface area contributed by atoms with Gasteiger partial charge in [0.1, 0.15) is 35.3 Å². The van der Waals surface area contributed by atoms with Crippen molar-refractivity contribution in [3.8, 4) is 39.5 Å². The van der Waals surface area contributed by atoms with Gasteiger partial charge in [0, 0.05) is 40.6 Å². The second kappa shape index (κ2) is 19.1. The number of nitrogens with zero attached hydrogens (tertiary/aromatic N) is 5. The third kappa shape index (κ3) is 8.92. The molecule has 394 valence electrons. The number of ether oxygens (including phenoxy) is 4. The minimum atomic E-state index is -0.771. The first-order valence-electron chi connectivity index (χ1n) is 26.5. The SMILES string of the molecule is COC(=O)NC(C(=O)N1CCCC1c1ncc(-c2cc(F)c3c(c2)OC(c2ccc(C4CC4)s2)n2c-3cc3cc(-c4cnc(C5CC6CCC6N5C(=O)C(NC(=O)OC)C5CCOC(C)(C)C5)[nH]4)ccc32)[nH]1)C(C)C. The van der Waals surface area contributed by atoms with Crippen LogP contribution >= 0.6 is 11.3 Å². The van der Waals surface area contributed by atoms with Gasteiger partial charge in [0.25, 0.3) is 0 Å². The molecule has 8 unspecified atom stereocenters. The minimum absolute atomic E-state index is 0.0621. The Morgan fingerprint density at radius 2 is 1.57 bits per heavy atom. The molecule has 2 saturated carbocycles. The Balaban J connectivity index is 0.854. The lowest BCUT2D eigenvalue weighted by Gasteiger charge is -2.43. The van der Waals surface area contributed by atoms with Gasteiger partial charge < -0.3 is 49.3 Å². The lowest BCUT2D eigenvalue weighted by atomic mass is 9.79. The number of rotatable bonds is 12. The summed E-state index contributed by atoms with van der Waals surface area (Å²) in [6.45, 7) is 8.81. The Labute approximate surface area is 438 Å². The number of carbonyl (C=O) groups is 4.